The standard InChI is InChI=1S/C21H22FN3O/c1-14-7-8-16(15(2)13-14)9-10-20(26)23-12-11-19-24-21-17(22)5-4-6-18(21)25(19)3/h4-10,13H,11-12H2,1-3H3,(H,23,26)/b10-9+. The maximum atomic E-state index is 13.8. The van der Waals surface area contributed by atoms with Gasteiger partial charge in [0.2, 0.25) is 5.91 Å². The smallest absolute Gasteiger partial charge is 0.244 e. The third-order valence-corrected chi connectivity index (χ3v) is 4.44. The van der Waals surface area contributed by atoms with Crippen LogP contribution in [0.1, 0.15) is 22.5 Å². The van der Waals surface area contributed by atoms with Gasteiger partial charge in [-0.15, -0.1) is 0 Å². The molecule has 1 N–H and O–H groups in total. The van der Waals surface area contributed by atoms with Crippen LogP contribution in [0.4, 0.5) is 4.39 Å². The fraction of sp³-hybridized carbons (Fsp3) is 0.238. The van der Waals surface area contributed by atoms with Crippen LogP contribution in [-0.4, -0.2) is 22.0 Å². The lowest BCUT2D eigenvalue weighted by molar-refractivity contribution is -0.116. The summed E-state index contributed by atoms with van der Waals surface area (Å²) in [7, 11) is 1.85. The summed E-state index contributed by atoms with van der Waals surface area (Å²) in [4.78, 5) is 16.4. The molecule has 0 saturated carbocycles. The molecule has 26 heavy (non-hydrogen) atoms. The molecule has 0 radical (unpaired) electrons. The molecule has 0 aliphatic carbocycles. The molecular weight excluding hydrogens is 329 g/mol. The van der Waals surface area contributed by atoms with Crippen molar-refractivity contribution in [3.8, 4) is 0 Å². The highest BCUT2D eigenvalue weighted by Gasteiger charge is 2.10. The van der Waals surface area contributed by atoms with Gasteiger partial charge in [0.1, 0.15) is 11.3 Å². The van der Waals surface area contributed by atoms with E-state index in [4.69, 9.17) is 0 Å². The lowest BCUT2D eigenvalue weighted by atomic mass is 10.1. The maximum absolute atomic E-state index is 13.8. The quantitative estimate of drug-likeness (QED) is 0.713. The van der Waals surface area contributed by atoms with Gasteiger partial charge < -0.3 is 9.88 Å². The summed E-state index contributed by atoms with van der Waals surface area (Å²) in [5.74, 6) is 0.253. The summed E-state index contributed by atoms with van der Waals surface area (Å²) in [6.45, 7) is 4.50. The topological polar surface area (TPSA) is 46.9 Å². The van der Waals surface area contributed by atoms with Gasteiger partial charge in [0, 0.05) is 26.1 Å². The van der Waals surface area contributed by atoms with Crippen LogP contribution in [0.25, 0.3) is 17.1 Å². The zero-order chi connectivity index (χ0) is 18.7. The Kier molecular flexibility index (Phi) is 5.16. The lowest BCUT2D eigenvalue weighted by Crippen LogP contribution is -2.24. The number of carbonyl (C=O) groups excluding carboxylic acids is 1. The van der Waals surface area contributed by atoms with Crippen molar-refractivity contribution >= 4 is 23.0 Å². The highest BCUT2D eigenvalue weighted by molar-refractivity contribution is 5.91. The minimum Gasteiger partial charge on any atom is -0.352 e. The number of aromatic nitrogens is 2. The van der Waals surface area contributed by atoms with E-state index in [1.807, 2.05) is 49.7 Å². The molecule has 3 rings (SSSR count). The number of benzene rings is 2. The largest absolute Gasteiger partial charge is 0.352 e. The number of nitrogens with one attached hydrogen (secondary N) is 1. The molecule has 0 saturated heterocycles. The van der Waals surface area contributed by atoms with Crippen molar-refractivity contribution in [2.45, 2.75) is 20.3 Å². The predicted molar refractivity (Wildman–Crippen MR) is 102 cm³/mol. The van der Waals surface area contributed by atoms with E-state index >= 15 is 0 Å². The van der Waals surface area contributed by atoms with Gasteiger partial charge in [-0.25, -0.2) is 9.37 Å². The van der Waals surface area contributed by atoms with Crippen molar-refractivity contribution in [2.75, 3.05) is 6.54 Å². The van der Waals surface area contributed by atoms with E-state index in [0.717, 1.165) is 22.5 Å². The molecule has 4 nitrogen and oxygen atoms in total. The number of amides is 1. The van der Waals surface area contributed by atoms with Crippen molar-refractivity contribution in [3.63, 3.8) is 0 Å². The van der Waals surface area contributed by atoms with E-state index < -0.39 is 0 Å². The molecule has 2 aromatic carbocycles. The maximum Gasteiger partial charge on any atom is 0.244 e. The van der Waals surface area contributed by atoms with E-state index in [1.165, 1.54) is 17.7 Å². The molecule has 0 atom stereocenters. The normalized spacial score (nSPS) is 11.4. The van der Waals surface area contributed by atoms with E-state index in [9.17, 15) is 9.18 Å². The summed E-state index contributed by atoms with van der Waals surface area (Å²) in [5, 5.41) is 2.85. The van der Waals surface area contributed by atoms with E-state index in [2.05, 4.69) is 16.4 Å². The summed E-state index contributed by atoms with van der Waals surface area (Å²) in [6.07, 6.45) is 3.88. The molecule has 0 fully saturated rings. The number of halogens is 1. The molecule has 5 heteroatoms. The van der Waals surface area contributed by atoms with Crippen LogP contribution in [0.2, 0.25) is 0 Å². The van der Waals surface area contributed by atoms with Gasteiger partial charge in [-0.2, -0.15) is 0 Å². The van der Waals surface area contributed by atoms with Gasteiger partial charge in [-0.05, 0) is 43.2 Å². The molecule has 0 spiro atoms. The first-order valence-electron chi connectivity index (χ1n) is 8.58. The number of imidazole rings is 1. The second kappa shape index (κ2) is 7.52. The SMILES string of the molecule is Cc1ccc(/C=C/C(=O)NCCc2nc3c(F)cccc3n2C)c(C)c1. The molecule has 1 amide bonds. The van der Waals surface area contributed by atoms with Gasteiger partial charge >= 0.3 is 0 Å². The highest BCUT2D eigenvalue weighted by Crippen LogP contribution is 2.18. The Hall–Kier alpha value is -2.95. The molecule has 134 valence electrons. The van der Waals surface area contributed by atoms with Crippen LogP contribution in [-0.2, 0) is 18.3 Å². The second-order valence-corrected chi connectivity index (χ2v) is 6.43. The number of para-hydroxylation sites is 1. The van der Waals surface area contributed by atoms with Crippen LogP contribution in [0.15, 0.2) is 42.5 Å². The van der Waals surface area contributed by atoms with Crippen LogP contribution < -0.4 is 5.32 Å². The zero-order valence-electron chi connectivity index (χ0n) is 15.2. The molecular formula is C21H22FN3O. The van der Waals surface area contributed by atoms with Gasteiger partial charge in [0.25, 0.3) is 0 Å². The predicted octanol–water partition coefficient (Wildman–Crippen LogP) is 3.70. The van der Waals surface area contributed by atoms with E-state index in [1.54, 1.807) is 6.07 Å². The van der Waals surface area contributed by atoms with Crippen molar-refractivity contribution in [3.05, 3.63) is 70.8 Å². The number of carbonyl (C=O) groups is 1. The van der Waals surface area contributed by atoms with E-state index in [0.29, 0.717) is 18.5 Å². The minimum absolute atomic E-state index is 0.157. The minimum atomic E-state index is -0.329. The van der Waals surface area contributed by atoms with Crippen molar-refractivity contribution < 1.29 is 9.18 Å². The van der Waals surface area contributed by atoms with Crippen molar-refractivity contribution in [1.29, 1.82) is 0 Å². The number of hydrogen-bond donors (Lipinski definition) is 1. The van der Waals surface area contributed by atoms with Crippen molar-refractivity contribution in [1.82, 2.24) is 14.9 Å². The Morgan fingerprint density at radius 2 is 2.08 bits per heavy atom. The van der Waals surface area contributed by atoms with Gasteiger partial charge in [0.15, 0.2) is 5.82 Å². The van der Waals surface area contributed by atoms with Crippen LogP contribution in [0.5, 0.6) is 0 Å². The Bertz CT molecular complexity index is 988. The second-order valence-electron chi connectivity index (χ2n) is 6.43. The average molecular weight is 351 g/mol. The Labute approximate surface area is 152 Å². The summed E-state index contributed by atoms with van der Waals surface area (Å²) >= 11 is 0. The summed E-state index contributed by atoms with van der Waals surface area (Å²) < 4.78 is 15.7. The monoisotopic (exact) mass is 351 g/mol. The molecule has 0 aliphatic rings. The fourth-order valence-electron chi connectivity index (χ4n) is 2.99. The number of nitrogens with zero attached hydrogens (tertiary/aromatic N) is 2. The van der Waals surface area contributed by atoms with Crippen LogP contribution >= 0.6 is 0 Å². The number of aryl methyl sites for hydroxylation is 3. The zero-order valence-corrected chi connectivity index (χ0v) is 15.2. The van der Waals surface area contributed by atoms with Gasteiger partial charge in [0.05, 0.1) is 5.52 Å². The summed E-state index contributed by atoms with van der Waals surface area (Å²) in [5.41, 5.74) is 4.47. The Morgan fingerprint density at radius 1 is 1.27 bits per heavy atom. The summed E-state index contributed by atoms with van der Waals surface area (Å²) in [6, 6.07) is 11.0. The number of fused-ring (bicyclic) bond motifs is 1. The van der Waals surface area contributed by atoms with Crippen LogP contribution in [0.3, 0.4) is 0 Å². The third kappa shape index (κ3) is 3.82. The first kappa shape index (κ1) is 17.9. The van der Waals surface area contributed by atoms with E-state index in [-0.39, 0.29) is 11.7 Å². The lowest BCUT2D eigenvalue weighted by Gasteiger charge is -2.04. The molecule has 3 aromatic rings. The average Bonchev–Trinajstić information content (AvgIpc) is 2.92. The molecule has 0 unspecified atom stereocenters. The van der Waals surface area contributed by atoms with Crippen molar-refractivity contribution in [2.24, 2.45) is 7.05 Å². The Balaban J connectivity index is 1.59. The molecule has 1 aromatic heterocycles. The molecule has 0 bridgehead atoms. The molecule has 1 heterocycles. The first-order chi connectivity index (χ1) is 12.5. The van der Waals surface area contributed by atoms with Gasteiger partial charge in [-0.1, -0.05) is 29.8 Å². The highest BCUT2D eigenvalue weighted by atomic mass is 19.1. The first-order valence-corrected chi connectivity index (χ1v) is 8.58. The Morgan fingerprint density at radius 3 is 2.81 bits per heavy atom. The number of hydrogen-bond acceptors (Lipinski definition) is 2. The van der Waals surface area contributed by atoms with Gasteiger partial charge in [-0.3, -0.25) is 4.79 Å². The third-order valence-electron chi connectivity index (χ3n) is 4.44. The van der Waals surface area contributed by atoms with Crippen LogP contribution in [0, 0.1) is 19.7 Å². The fourth-order valence-corrected chi connectivity index (χ4v) is 2.99. The molecule has 0 aliphatic heterocycles. The number of rotatable bonds is 5.